The fourth-order valence-electron chi connectivity index (χ4n) is 5.11. The topological polar surface area (TPSA) is 177 Å². The van der Waals surface area contributed by atoms with E-state index in [1.54, 1.807) is 18.2 Å². The number of nitrogens with one attached hydrogen (secondary N) is 3. The van der Waals surface area contributed by atoms with Gasteiger partial charge in [0, 0.05) is 40.9 Å². The van der Waals surface area contributed by atoms with Crippen LogP contribution in [0.25, 0.3) is 33.2 Å². The molecule has 20 heteroatoms. The van der Waals surface area contributed by atoms with Crippen molar-refractivity contribution < 1.29 is 35.2 Å². The second-order valence-corrected chi connectivity index (χ2v) is 16.9. The molecule has 0 aliphatic heterocycles. The van der Waals surface area contributed by atoms with Gasteiger partial charge in [0.2, 0.25) is 20.0 Å². The largest absolute Gasteiger partial charge is 0.354 e. The molecular weight excluding hydrogens is 866 g/mol. The van der Waals surface area contributed by atoms with Gasteiger partial charge in [-0.15, -0.1) is 0 Å². The minimum atomic E-state index is -3.49. The summed E-state index contributed by atoms with van der Waals surface area (Å²) in [6, 6.07) is 17.4. The lowest BCUT2D eigenvalue weighted by Crippen LogP contribution is -2.25. The Balaban J connectivity index is 0.000000204. The first-order chi connectivity index (χ1) is 24.8. The molecule has 2 aromatic heterocycles. The molecule has 0 fully saturated rings. The minimum absolute atomic E-state index is 0.251. The maximum atomic E-state index is 13.3. The standard InChI is InChI=1S/C17H16BrFN4O3S.C16H14BrFN4O3S/c1-20-17(24)16-12-8-13(18)15(22(2)27(3,25)26)9-14(12)21-23(16)11-6-4-10(19)5-7-11;1-19-16(23)15-11-7-12(17)14(21-26(2,24)25)8-13(11)20-22(15)10-5-3-9(18)4-6-10/h4-9H,1-3H3,(H,20,24);3-8,21H,1-2H3,(H,19,23). The first-order valence-electron chi connectivity index (χ1n) is 15.1. The molecule has 2 heterocycles. The number of benzene rings is 4. The van der Waals surface area contributed by atoms with Gasteiger partial charge in [-0.05, 0) is 105 Å². The number of sulfonamides is 2. The summed E-state index contributed by atoms with van der Waals surface area (Å²) in [4.78, 5) is 24.9. The Hall–Kier alpha value is -4.92. The van der Waals surface area contributed by atoms with Gasteiger partial charge in [-0.3, -0.25) is 18.6 Å². The van der Waals surface area contributed by atoms with Crippen LogP contribution >= 0.6 is 31.9 Å². The fraction of sp³-hybridized carbons (Fsp3) is 0.152. The van der Waals surface area contributed by atoms with Gasteiger partial charge in [-0.1, -0.05) is 0 Å². The van der Waals surface area contributed by atoms with E-state index in [-0.39, 0.29) is 23.2 Å². The summed E-state index contributed by atoms with van der Waals surface area (Å²) in [5.41, 5.74) is 3.02. The van der Waals surface area contributed by atoms with E-state index in [0.717, 1.165) is 16.8 Å². The van der Waals surface area contributed by atoms with Crippen LogP contribution in [0.1, 0.15) is 21.0 Å². The average Bonchev–Trinajstić information content (AvgIpc) is 3.64. The van der Waals surface area contributed by atoms with Crippen LogP contribution in [-0.4, -0.2) is 81.9 Å². The highest BCUT2D eigenvalue weighted by atomic mass is 79.9. The van der Waals surface area contributed by atoms with Crippen LogP contribution in [-0.2, 0) is 20.0 Å². The molecule has 14 nitrogen and oxygen atoms in total. The normalized spacial score (nSPS) is 11.6. The number of amides is 2. The molecule has 0 unspecified atom stereocenters. The number of nitrogens with zero attached hydrogens (tertiary/aromatic N) is 5. The van der Waals surface area contributed by atoms with Crippen LogP contribution < -0.4 is 19.7 Å². The van der Waals surface area contributed by atoms with Crippen molar-refractivity contribution >= 4 is 96.9 Å². The Kier molecular flexibility index (Phi) is 11.3. The van der Waals surface area contributed by atoms with E-state index in [4.69, 9.17) is 0 Å². The third kappa shape index (κ3) is 8.50. The average molecular weight is 897 g/mol. The van der Waals surface area contributed by atoms with Gasteiger partial charge in [0.05, 0.1) is 46.3 Å². The molecule has 0 saturated carbocycles. The Morgan fingerprint density at radius 1 is 0.698 bits per heavy atom. The van der Waals surface area contributed by atoms with Gasteiger partial charge >= 0.3 is 0 Å². The number of fused-ring (bicyclic) bond motifs is 2. The lowest BCUT2D eigenvalue weighted by atomic mass is 10.1. The molecule has 4 aromatic carbocycles. The second kappa shape index (κ2) is 15.2. The highest BCUT2D eigenvalue weighted by Gasteiger charge is 2.24. The quantitative estimate of drug-likeness (QED) is 0.183. The number of aromatic nitrogens is 4. The Morgan fingerprint density at radius 2 is 1.11 bits per heavy atom. The number of anilines is 2. The molecule has 0 atom stereocenters. The van der Waals surface area contributed by atoms with Crippen LogP contribution in [0, 0.1) is 11.6 Å². The molecule has 0 bridgehead atoms. The first kappa shape index (κ1) is 39.3. The van der Waals surface area contributed by atoms with Gasteiger partial charge in [0.25, 0.3) is 11.8 Å². The molecule has 6 rings (SSSR count). The fourth-order valence-corrected chi connectivity index (χ4v) is 7.49. The highest BCUT2D eigenvalue weighted by molar-refractivity contribution is 9.11. The Labute approximate surface area is 319 Å². The summed E-state index contributed by atoms with van der Waals surface area (Å²) in [5.74, 6) is -1.57. The van der Waals surface area contributed by atoms with Crippen molar-refractivity contribution in [1.82, 2.24) is 30.2 Å². The van der Waals surface area contributed by atoms with Crippen LogP contribution in [0.4, 0.5) is 20.2 Å². The van der Waals surface area contributed by atoms with Crippen LogP contribution in [0.2, 0.25) is 0 Å². The molecule has 0 aliphatic rings. The predicted molar refractivity (Wildman–Crippen MR) is 206 cm³/mol. The number of hydrogen-bond donors (Lipinski definition) is 3. The molecule has 0 saturated heterocycles. The third-order valence-electron chi connectivity index (χ3n) is 7.66. The molecule has 0 radical (unpaired) electrons. The summed E-state index contributed by atoms with van der Waals surface area (Å²) >= 11 is 6.67. The van der Waals surface area contributed by atoms with Crippen molar-refractivity contribution in [3.05, 3.63) is 105 Å². The third-order valence-corrected chi connectivity index (χ3v) is 10.7. The van der Waals surface area contributed by atoms with Crippen molar-refractivity contribution in [1.29, 1.82) is 0 Å². The van der Waals surface area contributed by atoms with Crippen molar-refractivity contribution in [2.45, 2.75) is 0 Å². The highest BCUT2D eigenvalue weighted by Crippen LogP contribution is 2.35. The summed E-state index contributed by atoms with van der Waals surface area (Å²) in [7, 11) is -2.55. The molecule has 3 N–H and O–H groups in total. The van der Waals surface area contributed by atoms with E-state index in [0.29, 0.717) is 53.5 Å². The number of carbonyl (C=O) groups is 2. The first-order valence-corrected chi connectivity index (χ1v) is 20.5. The SMILES string of the molecule is CNC(=O)c1c2cc(Br)c(N(C)S(C)(=O)=O)cc2nn1-c1ccc(F)cc1.CNC(=O)c1c2cc(Br)c(NS(C)(=O)=O)cc2nn1-c1ccc(F)cc1. The van der Waals surface area contributed by atoms with Crippen LogP contribution in [0.3, 0.4) is 0 Å². The van der Waals surface area contributed by atoms with E-state index in [1.165, 1.54) is 85.1 Å². The maximum Gasteiger partial charge on any atom is 0.270 e. The van der Waals surface area contributed by atoms with Crippen LogP contribution in [0.15, 0.2) is 81.7 Å². The molecule has 6 aromatic rings. The lowest BCUT2D eigenvalue weighted by Gasteiger charge is -2.18. The number of carbonyl (C=O) groups excluding carboxylic acids is 2. The zero-order valence-electron chi connectivity index (χ0n) is 28.4. The van der Waals surface area contributed by atoms with Gasteiger partial charge in [0.1, 0.15) is 23.0 Å². The number of halogens is 4. The molecule has 2 amide bonds. The van der Waals surface area contributed by atoms with E-state index in [9.17, 15) is 35.2 Å². The summed E-state index contributed by atoms with van der Waals surface area (Å²) in [5, 5.41) is 15.0. The molecular formula is C33H30Br2F2N8O6S2. The monoisotopic (exact) mass is 894 g/mol. The number of rotatable bonds is 8. The molecule has 53 heavy (non-hydrogen) atoms. The van der Waals surface area contributed by atoms with E-state index in [1.807, 2.05) is 0 Å². The van der Waals surface area contributed by atoms with E-state index >= 15 is 0 Å². The molecule has 0 aliphatic carbocycles. The molecule has 0 spiro atoms. The number of hydrogen-bond acceptors (Lipinski definition) is 8. The summed E-state index contributed by atoms with van der Waals surface area (Å²) in [6.45, 7) is 0. The van der Waals surface area contributed by atoms with Gasteiger partial charge < -0.3 is 10.6 Å². The Bertz CT molecular complexity index is 2620. The zero-order chi connectivity index (χ0) is 39.0. The summed E-state index contributed by atoms with van der Waals surface area (Å²) in [6.07, 6.45) is 2.13. The smallest absolute Gasteiger partial charge is 0.270 e. The van der Waals surface area contributed by atoms with Crippen molar-refractivity contribution in [2.24, 2.45) is 0 Å². The second-order valence-electron chi connectivity index (χ2n) is 11.4. The van der Waals surface area contributed by atoms with Gasteiger partial charge in [-0.25, -0.2) is 35.0 Å². The Morgan fingerprint density at radius 3 is 1.51 bits per heavy atom. The summed E-state index contributed by atoms with van der Waals surface area (Å²) < 4.78 is 80.5. The lowest BCUT2D eigenvalue weighted by molar-refractivity contribution is 0.0949. The van der Waals surface area contributed by atoms with E-state index < -0.39 is 31.7 Å². The maximum absolute atomic E-state index is 13.3. The van der Waals surface area contributed by atoms with Gasteiger partial charge in [0.15, 0.2) is 0 Å². The van der Waals surface area contributed by atoms with E-state index in [2.05, 4.69) is 57.4 Å². The van der Waals surface area contributed by atoms with Gasteiger partial charge in [-0.2, -0.15) is 10.2 Å². The van der Waals surface area contributed by atoms with Crippen LogP contribution in [0.5, 0.6) is 0 Å². The molecule has 278 valence electrons. The zero-order valence-corrected chi connectivity index (χ0v) is 33.2. The van der Waals surface area contributed by atoms with Crippen molar-refractivity contribution in [2.75, 3.05) is 42.7 Å². The predicted octanol–water partition coefficient (Wildman–Crippen LogP) is 5.34. The minimum Gasteiger partial charge on any atom is -0.354 e. The van der Waals surface area contributed by atoms with Crippen molar-refractivity contribution in [3.63, 3.8) is 0 Å². The van der Waals surface area contributed by atoms with Crippen molar-refractivity contribution in [3.8, 4) is 11.4 Å².